The van der Waals surface area contributed by atoms with Crippen LogP contribution < -0.4 is 10.7 Å². The van der Waals surface area contributed by atoms with Crippen LogP contribution in [0.25, 0.3) is 0 Å². The van der Waals surface area contributed by atoms with Crippen molar-refractivity contribution >= 4 is 62.3 Å². The lowest BCUT2D eigenvalue weighted by Crippen LogP contribution is -2.19. The van der Waals surface area contributed by atoms with Crippen LogP contribution in [0.3, 0.4) is 0 Å². The SMILES string of the molecule is C/C(=N/NC(=O)c1ccc(Br)cc1)c1cccc(NC(=O)c2ccc(Cl)cc2Cl)c1. The van der Waals surface area contributed by atoms with Gasteiger partial charge in [-0.2, -0.15) is 5.10 Å². The smallest absolute Gasteiger partial charge is 0.271 e. The summed E-state index contributed by atoms with van der Waals surface area (Å²) in [5.41, 5.74) is 5.24. The molecule has 0 saturated carbocycles. The van der Waals surface area contributed by atoms with Gasteiger partial charge in [0.1, 0.15) is 0 Å². The van der Waals surface area contributed by atoms with Crippen LogP contribution in [0.15, 0.2) is 76.3 Å². The molecule has 0 saturated heterocycles. The standard InChI is InChI=1S/C22H16BrCl2N3O2/c1-13(27-28-21(29)14-5-7-16(23)8-6-14)15-3-2-4-18(11-15)26-22(30)19-10-9-17(24)12-20(19)25/h2-12H,1H3,(H,26,30)(H,28,29)/b27-13-. The molecule has 3 rings (SSSR count). The predicted molar refractivity (Wildman–Crippen MR) is 125 cm³/mol. The molecular weight excluding hydrogens is 489 g/mol. The van der Waals surface area contributed by atoms with Gasteiger partial charge in [0, 0.05) is 20.7 Å². The Kier molecular flexibility index (Phi) is 7.26. The van der Waals surface area contributed by atoms with Crippen LogP contribution in [0.4, 0.5) is 5.69 Å². The number of carbonyl (C=O) groups is 2. The number of hydrogen-bond acceptors (Lipinski definition) is 3. The van der Waals surface area contributed by atoms with Crippen LogP contribution in [-0.2, 0) is 0 Å². The van der Waals surface area contributed by atoms with Crippen molar-refractivity contribution in [2.24, 2.45) is 5.10 Å². The monoisotopic (exact) mass is 503 g/mol. The first-order valence-corrected chi connectivity index (χ1v) is 10.4. The number of carbonyl (C=O) groups excluding carboxylic acids is 2. The number of anilines is 1. The zero-order chi connectivity index (χ0) is 21.7. The van der Waals surface area contributed by atoms with Crippen LogP contribution in [0.5, 0.6) is 0 Å². The lowest BCUT2D eigenvalue weighted by molar-refractivity contribution is 0.0954. The van der Waals surface area contributed by atoms with Crippen molar-refractivity contribution in [1.82, 2.24) is 5.43 Å². The van der Waals surface area contributed by atoms with Gasteiger partial charge in [-0.25, -0.2) is 5.43 Å². The zero-order valence-corrected chi connectivity index (χ0v) is 18.8. The van der Waals surface area contributed by atoms with Crippen molar-refractivity contribution in [3.05, 3.63) is 97.9 Å². The maximum absolute atomic E-state index is 12.5. The molecule has 0 bridgehead atoms. The van der Waals surface area contributed by atoms with Gasteiger partial charge in [-0.05, 0) is 67.1 Å². The second-order valence-electron chi connectivity index (χ2n) is 6.30. The van der Waals surface area contributed by atoms with Gasteiger partial charge in [-0.15, -0.1) is 0 Å². The van der Waals surface area contributed by atoms with Crippen molar-refractivity contribution in [3.8, 4) is 0 Å². The van der Waals surface area contributed by atoms with Crippen molar-refractivity contribution < 1.29 is 9.59 Å². The summed E-state index contributed by atoms with van der Waals surface area (Å²) in [6, 6.07) is 18.8. The highest BCUT2D eigenvalue weighted by Crippen LogP contribution is 2.22. The Hall–Kier alpha value is -2.67. The minimum absolute atomic E-state index is 0.268. The van der Waals surface area contributed by atoms with E-state index < -0.39 is 0 Å². The summed E-state index contributed by atoms with van der Waals surface area (Å²) in [5, 5.41) is 7.67. The second-order valence-corrected chi connectivity index (χ2v) is 8.06. The highest BCUT2D eigenvalue weighted by molar-refractivity contribution is 9.10. The molecule has 152 valence electrons. The van der Waals surface area contributed by atoms with Crippen molar-refractivity contribution in [2.45, 2.75) is 6.92 Å². The highest BCUT2D eigenvalue weighted by atomic mass is 79.9. The van der Waals surface area contributed by atoms with Gasteiger partial charge in [-0.3, -0.25) is 9.59 Å². The van der Waals surface area contributed by atoms with E-state index in [1.54, 1.807) is 61.5 Å². The second kappa shape index (κ2) is 9.89. The summed E-state index contributed by atoms with van der Waals surface area (Å²) in [4.78, 5) is 24.7. The summed E-state index contributed by atoms with van der Waals surface area (Å²) in [5.74, 6) is -0.671. The Bertz CT molecular complexity index is 1130. The van der Waals surface area contributed by atoms with Gasteiger partial charge >= 0.3 is 0 Å². The topological polar surface area (TPSA) is 70.6 Å². The fourth-order valence-corrected chi connectivity index (χ4v) is 3.32. The molecule has 0 radical (unpaired) electrons. The molecule has 2 N–H and O–H groups in total. The molecule has 0 fully saturated rings. The average molecular weight is 505 g/mol. The third-order valence-corrected chi connectivity index (χ3v) is 5.22. The summed E-state index contributed by atoms with van der Waals surface area (Å²) < 4.78 is 0.887. The summed E-state index contributed by atoms with van der Waals surface area (Å²) >= 11 is 15.3. The molecule has 0 aliphatic rings. The number of rotatable bonds is 5. The molecule has 3 aromatic rings. The molecule has 0 aliphatic heterocycles. The van der Waals surface area contributed by atoms with E-state index in [2.05, 4.69) is 31.8 Å². The first kappa shape index (κ1) is 22.0. The average Bonchev–Trinajstić information content (AvgIpc) is 2.72. The van der Waals surface area contributed by atoms with E-state index >= 15 is 0 Å². The van der Waals surface area contributed by atoms with E-state index in [4.69, 9.17) is 23.2 Å². The number of nitrogens with one attached hydrogen (secondary N) is 2. The lowest BCUT2D eigenvalue weighted by Gasteiger charge is -2.09. The fourth-order valence-electron chi connectivity index (χ4n) is 2.56. The number of hydrazone groups is 1. The molecule has 0 atom stereocenters. The predicted octanol–water partition coefficient (Wildman–Crippen LogP) is 6.16. The number of nitrogens with zero attached hydrogens (tertiary/aromatic N) is 1. The first-order valence-electron chi connectivity index (χ1n) is 8.80. The quantitative estimate of drug-likeness (QED) is 0.322. The van der Waals surface area contributed by atoms with Gasteiger partial charge in [-0.1, -0.05) is 51.3 Å². The zero-order valence-electron chi connectivity index (χ0n) is 15.7. The van der Waals surface area contributed by atoms with Gasteiger partial charge in [0.15, 0.2) is 0 Å². The largest absolute Gasteiger partial charge is 0.322 e. The van der Waals surface area contributed by atoms with Crippen LogP contribution >= 0.6 is 39.1 Å². The van der Waals surface area contributed by atoms with Crippen molar-refractivity contribution in [1.29, 1.82) is 0 Å². The van der Waals surface area contributed by atoms with Crippen LogP contribution in [0, 0.1) is 0 Å². The Morgan fingerprint density at radius 2 is 1.63 bits per heavy atom. The minimum Gasteiger partial charge on any atom is -0.322 e. The molecule has 8 heteroatoms. The molecule has 2 amide bonds. The molecule has 30 heavy (non-hydrogen) atoms. The molecule has 0 aromatic heterocycles. The number of halogens is 3. The first-order chi connectivity index (χ1) is 14.3. The third-order valence-electron chi connectivity index (χ3n) is 4.15. The van der Waals surface area contributed by atoms with Crippen LogP contribution in [-0.4, -0.2) is 17.5 Å². The molecule has 0 spiro atoms. The van der Waals surface area contributed by atoms with Crippen molar-refractivity contribution in [2.75, 3.05) is 5.32 Å². The van der Waals surface area contributed by atoms with Crippen LogP contribution in [0.1, 0.15) is 33.2 Å². The fraction of sp³-hybridized carbons (Fsp3) is 0.0455. The van der Waals surface area contributed by atoms with E-state index in [1.165, 1.54) is 6.07 Å². The lowest BCUT2D eigenvalue weighted by atomic mass is 10.1. The number of hydrogen-bond donors (Lipinski definition) is 2. The molecule has 5 nitrogen and oxygen atoms in total. The van der Waals surface area contributed by atoms with E-state index in [0.29, 0.717) is 27.5 Å². The third kappa shape index (κ3) is 5.69. The summed E-state index contributed by atoms with van der Waals surface area (Å²) in [7, 11) is 0. The Balaban J connectivity index is 1.70. The minimum atomic E-state index is -0.355. The summed E-state index contributed by atoms with van der Waals surface area (Å²) in [6.45, 7) is 1.76. The van der Waals surface area contributed by atoms with Gasteiger partial charge in [0.05, 0.1) is 16.3 Å². The molecule has 3 aromatic carbocycles. The number of benzene rings is 3. The molecule has 0 unspecified atom stereocenters. The van der Waals surface area contributed by atoms with Gasteiger partial charge in [0.2, 0.25) is 0 Å². The van der Waals surface area contributed by atoms with Crippen LogP contribution in [0.2, 0.25) is 10.0 Å². The van der Waals surface area contributed by atoms with Gasteiger partial charge in [0.25, 0.3) is 11.8 Å². The molecule has 0 aliphatic carbocycles. The van der Waals surface area contributed by atoms with Crippen molar-refractivity contribution in [3.63, 3.8) is 0 Å². The molecule has 0 heterocycles. The van der Waals surface area contributed by atoms with E-state index in [0.717, 1.165) is 10.0 Å². The van der Waals surface area contributed by atoms with E-state index in [1.807, 2.05) is 6.07 Å². The highest BCUT2D eigenvalue weighted by Gasteiger charge is 2.12. The van der Waals surface area contributed by atoms with Gasteiger partial charge < -0.3 is 5.32 Å². The Morgan fingerprint density at radius 1 is 0.900 bits per heavy atom. The van der Waals surface area contributed by atoms with E-state index in [-0.39, 0.29) is 16.8 Å². The maximum Gasteiger partial charge on any atom is 0.271 e. The Morgan fingerprint density at radius 3 is 2.33 bits per heavy atom. The maximum atomic E-state index is 12.5. The number of amides is 2. The van der Waals surface area contributed by atoms with E-state index in [9.17, 15) is 9.59 Å². The summed E-state index contributed by atoms with van der Waals surface area (Å²) in [6.07, 6.45) is 0. The molecular formula is C22H16BrCl2N3O2. The Labute approximate surface area is 192 Å². The normalized spacial score (nSPS) is 11.1.